The first-order chi connectivity index (χ1) is 13.5. The number of rotatable bonds is 8. The molecule has 150 valence electrons. The molecule has 1 aliphatic rings. The van der Waals surface area contributed by atoms with Gasteiger partial charge in [0.25, 0.3) is 0 Å². The second-order valence-electron chi connectivity index (χ2n) is 8.14. The second kappa shape index (κ2) is 9.24. The lowest BCUT2D eigenvalue weighted by Gasteiger charge is -2.28. The Bertz CT molecular complexity index is 760. The van der Waals surface area contributed by atoms with Gasteiger partial charge >= 0.3 is 0 Å². The van der Waals surface area contributed by atoms with Gasteiger partial charge in [0, 0.05) is 12.2 Å². The van der Waals surface area contributed by atoms with Crippen LogP contribution < -0.4 is 10.1 Å². The first-order valence-electron chi connectivity index (χ1n) is 10.3. The summed E-state index contributed by atoms with van der Waals surface area (Å²) in [7, 11) is 4.12. The Morgan fingerprint density at radius 1 is 1.04 bits per heavy atom. The van der Waals surface area contributed by atoms with Crippen LogP contribution in [0, 0.1) is 6.92 Å². The Morgan fingerprint density at radius 3 is 2.29 bits per heavy atom. The van der Waals surface area contributed by atoms with Gasteiger partial charge in [-0.05, 0) is 70.1 Å². The van der Waals surface area contributed by atoms with Crippen LogP contribution in [0.5, 0.6) is 5.75 Å². The number of hydrogen-bond donors (Lipinski definition) is 1. The molecule has 3 rings (SSSR count). The van der Waals surface area contributed by atoms with Gasteiger partial charge < -0.3 is 15.0 Å². The fourth-order valence-electron chi connectivity index (χ4n) is 3.95. The molecular formula is C24H32N2O2. The van der Waals surface area contributed by atoms with E-state index in [0.29, 0.717) is 6.61 Å². The summed E-state index contributed by atoms with van der Waals surface area (Å²) < 4.78 is 5.78. The Balaban J connectivity index is 1.63. The third-order valence-corrected chi connectivity index (χ3v) is 5.63. The highest BCUT2D eigenvalue weighted by Crippen LogP contribution is 2.42. The van der Waals surface area contributed by atoms with Gasteiger partial charge in [-0.2, -0.15) is 0 Å². The predicted molar refractivity (Wildman–Crippen MR) is 115 cm³/mol. The normalized spacial score (nSPS) is 15.6. The van der Waals surface area contributed by atoms with E-state index in [1.807, 2.05) is 24.3 Å². The van der Waals surface area contributed by atoms with E-state index in [2.05, 4.69) is 55.5 Å². The molecule has 1 aliphatic carbocycles. The number of ether oxygens (including phenoxy) is 1. The molecule has 0 radical (unpaired) electrons. The minimum absolute atomic E-state index is 0.105. The van der Waals surface area contributed by atoms with Crippen molar-refractivity contribution in [1.29, 1.82) is 0 Å². The van der Waals surface area contributed by atoms with Crippen molar-refractivity contribution in [2.75, 3.05) is 32.6 Å². The number of anilines is 1. The van der Waals surface area contributed by atoms with Crippen molar-refractivity contribution >= 4 is 11.6 Å². The Morgan fingerprint density at radius 2 is 1.68 bits per heavy atom. The summed E-state index contributed by atoms with van der Waals surface area (Å²) in [5, 5.41) is 3.15. The van der Waals surface area contributed by atoms with Gasteiger partial charge in [0.15, 0.2) is 0 Å². The molecule has 28 heavy (non-hydrogen) atoms. The molecule has 0 unspecified atom stereocenters. The van der Waals surface area contributed by atoms with Crippen LogP contribution >= 0.6 is 0 Å². The molecule has 0 heterocycles. The number of benzene rings is 2. The van der Waals surface area contributed by atoms with Crippen LogP contribution in [0.1, 0.15) is 43.2 Å². The average Bonchev–Trinajstić information content (AvgIpc) is 3.18. The van der Waals surface area contributed by atoms with E-state index in [1.165, 1.54) is 5.56 Å². The van der Waals surface area contributed by atoms with Crippen molar-refractivity contribution in [1.82, 2.24) is 4.90 Å². The van der Waals surface area contributed by atoms with E-state index < -0.39 is 5.41 Å². The third kappa shape index (κ3) is 4.93. The van der Waals surface area contributed by atoms with Gasteiger partial charge in [0.1, 0.15) is 5.75 Å². The number of carbonyl (C=O) groups is 1. The van der Waals surface area contributed by atoms with Crippen LogP contribution in [-0.2, 0) is 10.2 Å². The molecule has 1 saturated carbocycles. The van der Waals surface area contributed by atoms with E-state index >= 15 is 0 Å². The smallest absolute Gasteiger partial charge is 0.235 e. The molecule has 0 saturated heterocycles. The molecule has 1 amide bonds. The third-order valence-electron chi connectivity index (χ3n) is 5.63. The number of hydrogen-bond acceptors (Lipinski definition) is 3. The summed E-state index contributed by atoms with van der Waals surface area (Å²) in [5.41, 5.74) is 2.77. The Labute approximate surface area is 168 Å². The van der Waals surface area contributed by atoms with Crippen LogP contribution in [0.4, 0.5) is 5.69 Å². The lowest BCUT2D eigenvalue weighted by Crippen LogP contribution is -2.38. The first-order valence-corrected chi connectivity index (χ1v) is 10.3. The van der Waals surface area contributed by atoms with Gasteiger partial charge in [0.05, 0.1) is 12.0 Å². The van der Waals surface area contributed by atoms with Gasteiger partial charge in [0.2, 0.25) is 5.91 Å². The number of nitrogens with one attached hydrogen (secondary N) is 1. The van der Waals surface area contributed by atoms with Crippen molar-refractivity contribution < 1.29 is 9.53 Å². The maximum Gasteiger partial charge on any atom is 0.235 e. The van der Waals surface area contributed by atoms with Crippen molar-refractivity contribution in [3.63, 3.8) is 0 Å². The summed E-state index contributed by atoms with van der Waals surface area (Å²) in [4.78, 5) is 15.4. The quantitative estimate of drug-likeness (QED) is 0.670. The molecule has 2 aromatic carbocycles. The van der Waals surface area contributed by atoms with Crippen molar-refractivity contribution in [2.24, 2.45) is 0 Å². The van der Waals surface area contributed by atoms with Gasteiger partial charge in [-0.15, -0.1) is 0 Å². The summed E-state index contributed by atoms with van der Waals surface area (Å²) in [6.45, 7) is 3.78. The second-order valence-corrected chi connectivity index (χ2v) is 8.14. The molecule has 0 aliphatic heterocycles. The molecular weight excluding hydrogens is 348 g/mol. The first kappa shape index (κ1) is 20.4. The average molecular weight is 381 g/mol. The number of carbonyl (C=O) groups excluding carboxylic acids is 1. The summed E-state index contributed by atoms with van der Waals surface area (Å²) >= 11 is 0. The molecule has 1 N–H and O–H groups in total. The Kier molecular flexibility index (Phi) is 6.74. The van der Waals surface area contributed by atoms with Crippen LogP contribution in [0.2, 0.25) is 0 Å². The summed E-state index contributed by atoms with van der Waals surface area (Å²) in [6, 6.07) is 16.1. The Hall–Kier alpha value is -2.33. The maximum atomic E-state index is 13.2. The zero-order valence-electron chi connectivity index (χ0n) is 17.3. The van der Waals surface area contributed by atoms with Crippen LogP contribution in [0.3, 0.4) is 0 Å². The highest BCUT2D eigenvalue weighted by molar-refractivity contribution is 5.99. The maximum absolute atomic E-state index is 13.2. The summed E-state index contributed by atoms with van der Waals surface area (Å²) in [6.07, 6.45) is 5.01. The van der Waals surface area contributed by atoms with Gasteiger partial charge in [-0.3, -0.25) is 4.79 Å². The number of amides is 1. The lowest BCUT2D eigenvalue weighted by atomic mass is 9.77. The van der Waals surface area contributed by atoms with Crippen molar-refractivity contribution in [3.05, 3.63) is 59.7 Å². The van der Waals surface area contributed by atoms with Crippen LogP contribution in [0.25, 0.3) is 0 Å². The molecule has 4 heteroatoms. The largest absolute Gasteiger partial charge is 0.494 e. The molecule has 0 bridgehead atoms. The highest BCUT2D eigenvalue weighted by atomic mass is 16.5. The van der Waals surface area contributed by atoms with E-state index in [-0.39, 0.29) is 5.91 Å². The molecule has 0 aromatic heterocycles. The van der Waals surface area contributed by atoms with Crippen LogP contribution in [-0.4, -0.2) is 38.1 Å². The molecule has 4 nitrogen and oxygen atoms in total. The fourth-order valence-corrected chi connectivity index (χ4v) is 3.95. The fraction of sp³-hybridized carbons (Fsp3) is 0.458. The summed E-state index contributed by atoms with van der Waals surface area (Å²) in [5.74, 6) is 0.944. The van der Waals surface area contributed by atoms with Gasteiger partial charge in [-0.1, -0.05) is 42.7 Å². The number of nitrogens with zero attached hydrogens (tertiary/aromatic N) is 1. The van der Waals surface area contributed by atoms with E-state index in [9.17, 15) is 4.79 Å². The minimum Gasteiger partial charge on any atom is -0.494 e. The standard InChI is InChI=1S/C24H32N2O2/c1-19-7-9-20(10-8-19)24(15-4-5-16-24)23(27)25-21-11-13-22(14-12-21)28-18-6-17-26(2)3/h7-14H,4-6,15-18H2,1-3H3,(H,25,27). The molecule has 0 spiro atoms. The van der Waals surface area contributed by atoms with Gasteiger partial charge in [-0.25, -0.2) is 0 Å². The molecule has 2 aromatic rings. The monoisotopic (exact) mass is 380 g/mol. The lowest BCUT2D eigenvalue weighted by molar-refractivity contribution is -0.121. The topological polar surface area (TPSA) is 41.6 Å². The van der Waals surface area contributed by atoms with E-state index in [0.717, 1.165) is 55.6 Å². The minimum atomic E-state index is -0.408. The zero-order valence-corrected chi connectivity index (χ0v) is 17.3. The van der Waals surface area contributed by atoms with Crippen LogP contribution in [0.15, 0.2) is 48.5 Å². The van der Waals surface area contributed by atoms with E-state index in [4.69, 9.17) is 4.74 Å². The van der Waals surface area contributed by atoms with Crippen molar-refractivity contribution in [3.8, 4) is 5.75 Å². The SMILES string of the molecule is Cc1ccc(C2(C(=O)Nc3ccc(OCCCN(C)C)cc3)CCCC2)cc1. The predicted octanol–water partition coefficient (Wildman–Crippen LogP) is 4.78. The zero-order chi connectivity index (χ0) is 20.0. The van der Waals surface area contributed by atoms with Crippen molar-refractivity contribution in [2.45, 2.75) is 44.4 Å². The molecule has 1 fully saturated rings. The molecule has 0 atom stereocenters. The number of aryl methyl sites for hydroxylation is 1. The highest BCUT2D eigenvalue weighted by Gasteiger charge is 2.42. The van der Waals surface area contributed by atoms with E-state index in [1.54, 1.807) is 0 Å².